The maximum absolute atomic E-state index is 13.3. The van der Waals surface area contributed by atoms with E-state index in [4.69, 9.17) is 4.74 Å². The molecule has 0 aliphatic carbocycles. The van der Waals surface area contributed by atoms with Gasteiger partial charge in [-0.1, -0.05) is 26.0 Å². The SMILES string of the molecule is COc1nc(C(C)C)c(-c2ccc(F)cc2)c2ccc(O)cc12. The van der Waals surface area contributed by atoms with E-state index >= 15 is 0 Å². The Morgan fingerprint density at radius 1 is 1.04 bits per heavy atom. The second kappa shape index (κ2) is 5.88. The molecule has 0 saturated heterocycles. The molecule has 23 heavy (non-hydrogen) atoms. The lowest BCUT2D eigenvalue weighted by atomic mass is 9.92. The molecular weight excluding hydrogens is 293 g/mol. The number of aromatic nitrogens is 1. The monoisotopic (exact) mass is 311 g/mol. The number of nitrogens with zero attached hydrogens (tertiary/aromatic N) is 1. The van der Waals surface area contributed by atoms with Gasteiger partial charge in [0.05, 0.1) is 12.8 Å². The number of hydrogen-bond donors (Lipinski definition) is 1. The van der Waals surface area contributed by atoms with E-state index < -0.39 is 0 Å². The van der Waals surface area contributed by atoms with Crippen molar-refractivity contribution >= 4 is 10.8 Å². The number of hydrogen-bond acceptors (Lipinski definition) is 3. The van der Waals surface area contributed by atoms with E-state index in [1.807, 2.05) is 6.07 Å². The van der Waals surface area contributed by atoms with Gasteiger partial charge in [-0.15, -0.1) is 0 Å². The molecule has 0 aliphatic rings. The minimum absolute atomic E-state index is 0.153. The zero-order valence-corrected chi connectivity index (χ0v) is 13.3. The molecular formula is C19H18FNO2. The van der Waals surface area contributed by atoms with Crippen molar-refractivity contribution in [2.24, 2.45) is 0 Å². The van der Waals surface area contributed by atoms with Gasteiger partial charge in [-0.2, -0.15) is 0 Å². The maximum Gasteiger partial charge on any atom is 0.221 e. The highest BCUT2D eigenvalue weighted by Gasteiger charge is 2.18. The Morgan fingerprint density at radius 2 is 1.74 bits per heavy atom. The molecule has 0 unspecified atom stereocenters. The summed E-state index contributed by atoms with van der Waals surface area (Å²) in [6, 6.07) is 11.5. The van der Waals surface area contributed by atoms with Gasteiger partial charge in [0, 0.05) is 10.9 Å². The average Bonchev–Trinajstić information content (AvgIpc) is 2.54. The maximum atomic E-state index is 13.3. The zero-order valence-electron chi connectivity index (χ0n) is 13.3. The van der Waals surface area contributed by atoms with Gasteiger partial charge in [0.2, 0.25) is 5.88 Å². The van der Waals surface area contributed by atoms with Gasteiger partial charge in [-0.05, 0) is 47.2 Å². The molecule has 3 rings (SSSR count). The first-order valence-corrected chi connectivity index (χ1v) is 7.47. The largest absolute Gasteiger partial charge is 0.508 e. The van der Waals surface area contributed by atoms with Gasteiger partial charge in [-0.25, -0.2) is 9.37 Å². The molecule has 3 nitrogen and oxygen atoms in total. The van der Waals surface area contributed by atoms with Crippen LogP contribution in [0.2, 0.25) is 0 Å². The van der Waals surface area contributed by atoms with Crippen LogP contribution < -0.4 is 4.74 Å². The highest BCUT2D eigenvalue weighted by atomic mass is 19.1. The fourth-order valence-corrected chi connectivity index (χ4v) is 2.78. The van der Waals surface area contributed by atoms with E-state index in [-0.39, 0.29) is 17.5 Å². The molecule has 0 aliphatic heterocycles. The third-order valence-electron chi connectivity index (χ3n) is 3.85. The van der Waals surface area contributed by atoms with Crippen LogP contribution in [0.15, 0.2) is 42.5 Å². The van der Waals surface area contributed by atoms with Gasteiger partial charge < -0.3 is 9.84 Å². The molecule has 1 heterocycles. The zero-order chi connectivity index (χ0) is 16.6. The summed E-state index contributed by atoms with van der Waals surface area (Å²) in [5.74, 6) is 0.524. The van der Waals surface area contributed by atoms with E-state index in [9.17, 15) is 9.50 Å². The van der Waals surface area contributed by atoms with Gasteiger partial charge in [0.25, 0.3) is 0 Å². The number of benzene rings is 2. The number of aromatic hydroxyl groups is 1. The molecule has 1 N–H and O–H groups in total. The molecule has 0 spiro atoms. The van der Waals surface area contributed by atoms with Crippen LogP contribution in [0.4, 0.5) is 4.39 Å². The Hall–Kier alpha value is -2.62. The number of ether oxygens (including phenoxy) is 1. The Bertz CT molecular complexity index is 857. The van der Waals surface area contributed by atoms with Crippen molar-refractivity contribution in [2.45, 2.75) is 19.8 Å². The van der Waals surface area contributed by atoms with Crippen LogP contribution in [-0.2, 0) is 0 Å². The second-order valence-corrected chi connectivity index (χ2v) is 5.77. The number of methoxy groups -OCH3 is 1. The third kappa shape index (κ3) is 2.72. The first-order chi connectivity index (χ1) is 11.0. The molecule has 1 aromatic heterocycles. The van der Waals surface area contributed by atoms with Crippen molar-refractivity contribution in [3.05, 3.63) is 54.0 Å². The first-order valence-electron chi connectivity index (χ1n) is 7.47. The van der Waals surface area contributed by atoms with Gasteiger partial charge in [-0.3, -0.25) is 0 Å². The third-order valence-corrected chi connectivity index (χ3v) is 3.85. The predicted molar refractivity (Wildman–Crippen MR) is 89.4 cm³/mol. The number of fused-ring (bicyclic) bond motifs is 1. The van der Waals surface area contributed by atoms with Crippen LogP contribution in [0, 0.1) is 5.82 Å². The molecule has 4 heteroatoms. The highest BCUT2D eigenvalue weighted by Crippen LogP contribution is 2.39. The number of phenolic OH excluding ortho intramolecular Hbond substituents is 1. The molecule has 0 fully saturated rings. The summed E-state index contributed by atoms with van der Waals surface area (Å²) in [5.41, 5.74) is 2.71. The minimum Gasteiger partial charge on any atom is -0.508 e. The summed E-state index contributed by atoms with van der Waals surface area (Å²) in [7, 11) is 1.56. The summed E-state index contributed by atoms with van der Waals surface area (Å²) < 4.78 is 18.7. The van der Waals surface area contributed by atoms with Crippen LogP contribution in [0.1, 0.15) is 25.5 Å². The molecule has 118 valence electrons. The van der Waals surface area contributed by atoms with Crippen LogP contribution in [0.5, 0.6) is 11.6 Å². The molecule has 3 aromatic rings. The van der Waals surface area contributed by atoms with Crippen molar-refractivity contribution in [3.8, 4) is 22.8 Å². The topological polar surface area (TPSA) is 42.4 Å². The van der Waals surface area contributed by atoms with Gasteiger partial charge in [0.1, 0.15) is 11.6 Å². The highest BCUT2D eigenvalue weighted by molar-refractivity contribution is 6.01. The Kier molecular flexibility index (Phi) is 3.90. The van der Waals surface area contributed by atoms with E-state index in [0.29, 0.717) is 5.88 Å². The normalized spacial score (nSPS) is 11.2. The van der Waals surface area contributed by atoms with Crippen LogP contribution in [0.25, 0.3) is 21.9 Å². The lowest BCUT2D eigenvalue weighted by molar-refractivity contribution is 0.401. The van der Waals surface area contributed by atoms with Crippen molar-refractivity contribution in [3.63, 3.8) is 0 Å². The summed E-state index contributed by atoms with van der Waals surface area (Å²) in [6.07, 6.45) is 0. The fourth-order valence-electron chi connectivity index (χ4n) is 2.78. The Labute approximate surface area is 134 Å². The van der Waals surface area contributed by atoms with E-state index in [1.165, 1.54) is 12.1 Å². The second-order valence-electron chi connectivity index (χ2n) is 5.77. The summed E-state index contributed by atoms with van der Waals surface area (Å²) in [6.45, 7) is 4.11. The van der Waals surface area contributed by atoms with Gasteiger partial charge in [0.15, 0.2) is 0 Å². The smallest absolute Gasteiger partial charge is 0.221 e. The van der Waals surface area contributed by atoms with E-state index in [0.717, 1.165) is 27.6 Å². The minimum atomic E-state index is -0.275. The van der Waals surface area contributed by atoms with Crippen LogP contribution in [-0.4, -0.2) is 17.2 Å². The van der Waals surface area contributed by atoms with Crippen molar-refractivity contribution in [1.29, 1.82) is 0 Å². The van der Waals surface area contributed by atoms with Crippen LogP contribution in [0.3, 0.4) is 0 Å². The molecule has 0 atom stereocenters. The summed E-state index contributed by atoms with van der Waals surface area (Å²) in [5, 5.41) is 11.4. The number of halogens is 1. The molecule has 2 aromatic carbocycles. The predicted octanol–water partition coefficient (Wildman–Crippen LogP) is 4.88. The first kappa shape index (κ1) is 15.3. The number of rotatable bonds is 3. The van der Waals surface area contributed by atoms with Gasteiger partial charge >= 0.3 is 0 Å². The van der Waals surface area contributed by atoms with E-state index in [1.54, 1.807) is 31.4 Å². The van der Waals surface area contributed by atoms with Crippen LogP contribution >= 0.6 is 0 Å². The Balaban J connectivity index is 2.42. The lowest BCUT2D eigenvalue weighted by Crippen LogP contribution is -2.01. The number of phenols is 1. The summed E-state index contributed by atoms with van der Waals surface area (Å²) >= 11 is 0. The quantitative estimate of drug-likeness (QED) is 0.749. The van der Waals surface area contributed by atoms with Crippen molar-refractivity contribution < 1.29 is 14.2 Å². The fraction of sp³-hybridized carbons (Fsp3) is 0.211. The molecule has 0 amide bonds. The van der Waals surface area contributed by atoms with E-state index in [2.05, 4.69) is 18.8 Å². The van der Waals surface area contributed by atoms with Crippen molar-refractivity contribution in [2.75, 3.05) is 7.11 Å². The molecule has 0 saturated carbocycles. The number of pyridine rings is 1. The molecule has 0 radical (unpaired) electrons. The lowest BCUT2D eigenvalue weighted by Gasteiger charge is -2.17. The Morgan fingerprint density at radius 3 is 2.35 bits per heavy atom. The molecule has 0 bridgehead atoms. The summed E-state index contributed by atoms with van der Waals surface area (Å²) in [4.78, 5) is 4.63. The van der Waals surface area contributed by atoms with Crippen molar-refractivity contribution in [1.82, 2.24) is 4.98 Å². The standard InChI is InChI=1S/C19H18FNO2/c1-11(2)18-17(12-4-6-13(20)7-5-12)15-9-8-14(22)10-16(15)19(21-18)23-3/h4-11,22H,1-3H3. The average molecular weight is 311 g/mol.